The van der Waals surface area contributed by atoms with Crippen molar-refractivity contribution < 1.29 is 28.3 Å². The quantitative estimate of drug-likeness (QED) is 0.236. The first-order valence-corrected chi connectivity index (χ1v) is 16.3. The normalized spacial score (nSPS) is 26.0. The van der Waals surface area contributed by atoms with Gasteiger partial charge in [0.25, 0.3) is 0 Å². The first-order valence-electron chi connectivity index (χ1n) is 16.3. The van der Waals surface area contributed by atoms with Crippen LogP contribution in [0, 0.1) is 0 Å². The minimum Gasteiger partial charge on any atom is -0.459 e. The van der Waals surface area contributed by atoms with E-state index in [0.717, 1.165) is 25.7 Å². The van der Waals surface area contributed by atoms with E-state index in [4.69, 9.17) is 14.2 Å². The standard InChI is InChI=1S/C35H48N3O5/c1-26(41-34(40)37-20-18-29(19-21-37)36(2)3)43-35(27-12-6-4-7-13-27,28-14-8-5-9-15-28)33(39)42-32-24-30-16-17-31(25-32)38(30)22-10-11-23-38/h4-9,12-15,26,29-32H,10-11,16-25H2,1-3H3/q+1/t26-,30?,31?,32?/m1/s1. The number of esters is 1. The van der Waals surface area contributed by atoms with Crippen LogP contribution in [-0.2, 0) is 24.6 Å². The lowest BCUT2D eigenvalue weighted by Crippen LogP contribution is -2.60. The molecule has 4 aliphatic heterocycles. The highest BCUT2D eigenvalue weighted by Crippen LogP contribution is 2.47. The van der Waals surface area contributed by atoms with Crippen molar-refractivity contribution >= 4 is 12.1 Å². The van der Waals surface area contributed by atoms with Gasteiger partial charge in [-0.15, -0.1) is 0 Å². The minimum atomic E-state index is -1.59. The molecule has 0 aliphatic carbocycles. The number of carbonyl (C=O) groups excluding carboxylic acids is 2. The first kappa shape index (κ1) is 30.1. The van der Waals surface area contributed by atoms with Gasteiger partial charge >= 0.3 is 12.1 Å². The maximum atomic E-state index is 14.6. The second-order valence-corrected chi connectivity index (χ2v) is 13.3. The lowest BCUT2D eigenvalue weighted by molar-refractivity contribution is -0.956. The third kappa shape index (κ3) is 5.81. The molecule has 4 aliphatic rings. The Hall–Kier alpha value is -2.94. The predicted molar refractivity (Wildman–Crippen MR) is 164 cm³/mol. The molecule has 2 aromatic rings. The fraction of sp³-hybridized carbons (Fsp3) is 0.600. The Morgan fingerprint density at radius 3 is 1.91 bits per heavy atom. The molecule has 3 atom stereocenters. The molecule has 6 rings (SSSR count). The zero-order chi connectivity index (χ0) is 30.0. The second kappa shape index (κ2) is 12.6. The van der Waals surface area contributed by atoms with Crippen LogP contribution in [0.2, 0.25) is 0 Å². The molecule has 232 valence electrons. The number of benzene rings is 2. The highest BCUT2D eigenvalue weighted by Gasteiger charge is 2.57. The third-order valence-electron chi connectivity index (χ3n) is 10.7. The average Bonchev–Trinajstić information content (AvgIpc) is 3.57. The summed E-state index contributed by atoms with van der Waals surface area (Å²) in [5.74, 6) is -0.445. The molecule has 1 spiro atoms. The molecule has 2 unspecified atom stereocenters. The van der Waals surface area contributed by atoms with E-state index in [1.165, 1.54) is 43.3 Å². The first-order chi connectivity index (χ1) is 20.8. The molecular weight excluding hydrogens is 542 g/mol. The number of likely N-dealkylation sites (tertiary alicyclic amines) is 1. The Kier molecular flexibility index (Phi) is 8.81. The lowest BCUT2D eigenvalue weighted by atomic mass is 9.85. The van der Waals surface area contributed by atoms with Crippen molar-refractivity contribution in [3.63, 3.8) is 0 Å². The molecule has 0 aromatic heterocycles. The summed E-state index contributed by atoms with van der Waals surface area (Å²) < 4.78 is 20.2. The molecule has 8 heteroatoms. The highest BCUT2D eigenvalue weighted by atomic mass is 16.7. The van der Waals surface area contributed by atoms with Gasteiger partial charge in [0.2, 0.25) is 11.9 Å². The number of nitrogens with zero attached hydrogens (tertiary/aromatic N) is 3. The van der Waals surface area contributed by atoms with E-state index < -0.39 is 24.0 Å². The van der Waals surface area contributed by atoms with Gasteiger partial charge in [0, 0.05) is 57.7 Å². The molecule has 4 fully saturated rings. The Bertz CT molecular complexity index is 1190. The molecule has 0 N–H and O–H groups in total. The number of ether oxygens (including phenoxy) is 3. The summed E-state index contributed by atoms with van der Waals surface area (Å²) in [5, 5.41) is 0. The zero-order valence-corrected chi connectivity index (χ0v) is 26.0. The van der Waals surface area contributed by atoms with Gasteiger partial charge in [-0.1, -0.05) is 60.7 Å². The Morgan fingerprint density at radius 2 is 1.40 bits per heavy atom. The van der Waals surface area contributed by atoms with E-state index in [1.54, 1.807) is 11.8 Å². The fourth-order valence-electron chi connectivity index (χ4n) is 8.53. The molecule has 8 nitrogen and oxygen atoms in total. The number of rotatable bonds is 8. The summed E-state index contributed by atoms with van der Waals surface area (Å²) in [6.07, 6.45) is 7.07. The van der Waals surface area contributed by atoms with Crippen molar-refractivity contribution in [3.8, 4) is 0 Å². The smallest absolute Gasteiger partial charge is 0.412 e. The summed E-state index contributed by atoms with van der Waals surface area (Å²) in [7, 11) is 4.15. The van der Waals surface area contributed by atoms with Gasteiger partial charge < -0.3 is 28.5 Å². The summed E-state index contributed by atoms with van der Waals surface area (Å²) >= 11 is 0. The number of amides is 1. The van der Waals surface area contributed by atoms with E-state index in [2.05, 4.69) is 19.0 Å². The Labute approximate surface area is 256 Å². The maximum absolute atomic E-state index is 14.6. The summed E-state index contributed by atoms with van der Waals surface area (Å²) in [6.45, 7) is 5.49. The van der Waals surface area contributed by atoms with E-state index >= 15 is 0 Å². The van der Waals surface area contributed by atoms with Crippen LogP contribution in [-0.4, -0.2) is 97.1 Å². The zero-order valence-electron chi connectivity index (χ0n) is 26.0. The minimum absolute atomic E-state index is 0.152. The number of hydrogen-bond acceptors (Lipinski definition) is 6. The molecular formula is C35H48N3O5+. The second-order valence-electron chi connectivity index (χ2n) is 13.3. The van der Waals surface area contributed by atoms with Crippen molar-refractivity contribution in [1.29, 1.82) is 0 Å². The molecule has 2 bridgehead atoms. The monoisotopic (exact) mass is 590 g/mol. The van der Waals surface area contributed by atoms with E-state index in [-0.39, 0.29) is 6.10 Å². The van der Waals surface area contributed by atoms with Gasteiger partial charge in [-0.2, -0.15) is 0 Å². The third-order valence-corrected chi connectivity index (χ3v) is 10.7. The van der Waals surface area contributed by atoms with Crippen LogP contribution in [0.3, 0.4) is 0 Å². The molecule has 43 heavy (non-hydrogen) atoms. The SMILES string of the molecule is C[C@H](OC(=O)N1CCC(N(C)C)CC1)OC(C(=O)OC1CC2CCC(C1)[N+]21CCCC1)(c1ccccc1)c1ccccc1. The predicted octanol–water partition coefficient (Wildman–Crippen LogP) is 5.30. The number of quaternary nitrogens is 1. The van der Waals surface area contributed by atoms with Gasteiger partial charge in [-0.25, -0.2) is 9.59 Å². The topological polar surface area (TPSA) is 68.3 Å². The fourth-order valence-corrected chi connectivity index (χ4v) is 8.53. The molecule has 1 amide bonds. The summed E-state index contributed by atoms with van der Waals surface area (Å²) in [6, 6.07) is 20.6. The molecule has 0 radical (unpaired) electrons. The van der Waals surface area contributed by atoms with Gasteiger partial charge in [0.15, 0.2) is 0 Å². The van der Waals surface area contributed by atoms with Gasteiger partial charge in [0.1, 0.15) is 6.10 Å². The molecule has 4 heterocycles. The van der Waals surface area contributed by atoms with E-state index in [1.807, 2.05) is 60.7 Å². The van der Waals surface area contributed by atoms with Crippen LogP contribution in [0.15, 0.2) is 60.7 Å². The van der Waals surface area contributed by atoms with Gasteiger partial charge in [0.05, 0.1) is 25.2 Å². The van der Waals surface area contributed by atoms with Crippen LogP contribution in [0.25, 0.3) is 0 Å². The van der Waals surface area contributed by atoms with Crippen LogP contribution < -0.4 is 0 Å². The van der Waals surface area contributed by atoms with Crippen LogP contribution in [0.1, 0.15) is 69.4 Å². The number of piperidine rings is 2. The largest absolute Gasteiger partial charge is 0.459 e. The van der Waals surface area contributed by atoms with Crippen LogP contribution in [0.5, 0.6) is 0 Å². The maximum Gasteiger partial charge on any atom is 0.412 e. The lowest BCUT2D eigenvalue weighted by Gasteiger charge is -2.47. The van der Waals surface area contributed by atoms with Crippen molar-refractivity contribution in [2.45, 2.75) is 94.4 Å². The van der Waals surface area contributed by atoms with E-state index in [9.17, 15) is 9.59 Å². The highest BCUT2D eigenvalue weighted by molar-refractivity contribution is 5.86. The Morgan fingerprint density at radius 1 is 0.860 bits per heavy atom. The van der Waals surface area contributed by atoms with Crippen molar-refractivity contribution in [1.82, 2.24) is 9.80 Å². The summed E-state index contributed by atoms with van der Waals surface area (Å²) in [5.41, 5.74) is -0.276. The van der Waals surface area contributed by atoms with Gasteiger partial charge in [-0.3, -0.25) is 0 Å². The molecule has 0 saturated carbocycles. The average molecular weight is 591 g/mol. The van der Waals surface area contributed by atoms with Crippen molar-refractivity contribution in [2.75, 3.05) is 40.3 Å². The van der Waals surface area contributed by atoms with Crippen LogP contribution in [0.4, 0.5) is 4.79 Å². The van der Waals surface area contributed by atoms with Gasteiger partial charge in [-0.05, 0) is 45.0 Å². The van der Waals surface area contributed by atoms with E-state index in [0.29, 0.717) is 42.3 Å². The van der Waals surface area contributed by atoms with Crippen molar-refractivity contribution in [3.05, 3.63) is 71.8 Å². The van der Waals surface area contributed by atoms with Crippen LogP contribution >= 0.6 is 0 Å². The number of hydrogen-bond donors (Lipinski definition) is 0. The molecule has 4 saturated heterocycles. The van der Waals surface area contributed by atoms with Crippen molar-refractivity contribution in [2.24, 2.45) is 0 Å². The molecule has 2 aromatic carbocycles. The Balaban J connectivity index is 1.24. The number of carbonyl (C=O) groups is 2. The summed E-state index contributed by atoms with van der Waals surface area (Å²) in [4.78, 5) is 31.8.